The van der Waals surface area contributed by atoms with Gasteiger partial charge in [-0.1, -0.05) is 26.7 Å². The summed E-state index contributed by atoms with van der Waals surface area (Å²) in [4.78, 5) is 0. The Kier molecular flexibility index (Phi) is 9.52. The lowest BCUT2D eigenvalue weighted by atomic mass is 10.1. The van der Waals surface area contributed by atoms with E-state index >= 15 is 0 Å². The highest BCUT2D eigenvalue weighted by atomic mass is 32.2. The molecule has 3 heteroatoms. The van der Waals surface area contributed by atoms with E-state index in [1.54, 1.807) is 0 Å². The van der Waals surface area contributed by atoms with Crippen molar-refractivity contribution in [3.63, 3.8) is 0 Å². The van der Waals surface area contributed by atoms with Crippen LogP contribution in [0.2, 0.25) is 0 Å². The zero-order chi connectivity index (χ0) is 9.23. The summed E-state index contributed by atoms with van der Waals surface area (Å²) in [5, 5.41) is 0. The molecular weight excluding hydrogens is 175 g/mol. The van der Waals surface area contributed by atoms with E-state index in [1.807, 2.05) is 0 Å². The SMILES string of the molecule is CCCCC(C)COCCSF. The Bertz CT molecular complexity index is 90.6. The van der Waals surface area contributed by atoms with Crippen LogP contribution in [0.5, 0.6) is 0 Å². The Morgan fingerprint density at radius 3 is 2.83 bits per heavy atom. The van der Waals surface area contributed by atoms with E-state index in [0.717, 1.165) is 6.61 Å². The van der Waals surface area contributed by atoms with Gasteiger partial charge in [-0.05, 0) is 12.3 Å². The molecule has 0 heterocycles. The number of unbranched alkanes of at least 4 members (excludes halogenated alkanes) is 1. The molecule has 0 saturated heterocycles. The van der Waals surface area contributed by atoms with Gasteiger partial charge in [-0.25, -0.2) is 0 Å². The van der Waals surface area contributed by atoms with Gasteiger partial charge in [-0.2, -0.15) is 3.89 Å². The quantitative estimate of drug-likeness (QED) is 0.547. The van der Waals surface area contributed by atoms with Crippen molar-refractivity contribution in [1.82, 2.24) is 0 Å². The monoisotopic (exact) mass is 194 g/mol. The van der Waals surface area contributed by atoms with Gasteiger partial charge in [0.05, 0.1) is 6.61 Å². The maximum absolute atomic E-state index is 11.6. The number of halogens is 1. The summed E-state index contributed by atoms with van der Waals surface area (Å²) in [5.74, 6) is 1.08. The molecule has 0 N–H and O–H groups in total. The van der Waals surface area contributed by atoms with Gasteiger partial charge >= 0.3 is 0 Å². The molecule has 0 aromatic heterocycles. The second-order valence-electron chi connectivity index (χ2n) is 3.14. The Hall–Kier alpha value is 0.240. The van der Waals surface area contributed by atoms with E-state index in [9.17, 15) is 3.89 Å². The van der Waals surface area contributed by atoms with Crippen molar-refractivity contribution in [3.05, 3.63) is 0 Å². The zero-order valence-electron chi connectivity index (χ0n) is 8.01. The third-order valence-corrected chi connectivity index (χ3v) is 2.08. The topological polar surface area (TPSA) is 9.23 Å². The van der Waals surface area contributed by atoms with E-state index < -0.39 is 0 Å². The van der Waals surface area contributed by atoms with Crippen LogP contribution in [0.15, 0.2) is 0 Å². The molecule has 0 fully saturated rings. The predicted octanol–water partition coefficient (Wildman–Crippen LogP) is 3.45. The van der Waals surface area contributed by atoms with Crippen molar-refractivity contribution in [3.8, 4) is 0 Å². The second kappa shape index (κ2) is 9.33. The van der Waals surface area contributed by atoms with Crippen LogP contribution in [-0.2, 0) is 4.74 Å². The van der Waals surface area contributed by atoms with Gasteiger partial charge in [0.2, 0.25) is 0 Å². The van der Waals surface area contributed by atoms with E-state index in [4.69, 9.17) is 4.74 Å². The van der Waals surface area contributed by atoms with Gasteiger partial charge in [0.15, 0.2) is 0 Å². The standard InChI is InChI=1S/C9H19FOS/c1-3-4-5-9(2)8-11-6-7-12-10/h9H,3-8H2,1-2H3. The third kappa shape index (κ3) is 8.34. The van der Waals surface area contributed by atoms with Gasteiger partial charge in [-0.15, -0.1) is 0 Å². The summed E-state index contributed by atoms with van der Waals surface area (Å²) in [7, 11) is 0. The maximum atomic E-state index is 11.6. The smallest absolute Gasteiger partial charge is 0.0582 e. The van der Waals surface area contributed by atoms with Crippen LogP contribution in [0.1, 0.15) is 33.1 Å². The molecule has 0 aliphatic carbocycles. The molecule has 1 atom stereocenters. The molecule has 0 saturated carbocycles. The lowest BCUT2D eigenvalue weighted by Crippen LogP contribution is -2.07. The minimum atomic E-state index is 0.346. The first-order valence-electron chi connectivity index (χ1n) is 4.62. The fourth-order valence-corrected chi connectivity index (χ4v) is 1.19. The molecule has 0 amide bonds. The minimum absolute atomic E-state index is 0.346. The van der Waals surface area contributed by atoms with Gasteiger partial charge in [-0.3, -0.25) is 0 Å². The van der Waals surface area contributed by atoms with E-state index in [-0.39, 0.29) is 0 Å². The zero-order valence-corrected chi connectivity index (χ0v) is 8.83. The Morgan fingerprint density at radius 1 is 1.50 bits per heavy atom. The Labute approximate surface area is 79.4 Å². The molecule has 12 heavy (non-hydrogen) atoms. The van der Waals surface area contributed by atoms with Crippen molar-refractivity contribution in [2.24, 2.45) is 5.92 Å². The molecule has 0 aromatic rings. The van der Waals surface area contributed by atoms with Crippen molar-refractivity contribution in [2.45, 2.75) is 33.1 Å². The van der Waals surface area contributed by atoms with Crippen molar-refractivity contribution in [1.29, 1.82) is 0 Å². The molecule has 0 aliphatic rings. The first-order chi connectivity index (χ1) is 5.81. The van der Waals surface area contributed by atoms with Crippen LogP contribution in [0.3, 0.4) is 0 Å². The van der Waals surface area contributed by atoms with Gasteiger partial charge in [0.25, 0.3) is 0 Å². The van der Waals surface area contributed by atoms with Crippen LogP contribution in [-0.4, -0.2) is 19.0 Å². The Balaban J connectivity index is 3.02. The lowest BCUT2D eigenvalue weighted by molar-refractivity contribution is 0.114. The number of hydrogen-bond acceptors (Lipinski definition) is 2. The molecule has 0 aliphatic heterocycles. The predicted molar refractivity (Wildman–Crippen MR) is 53.1 cm³/mol. The molecule has 1 unspecified atom stereocenters. The highest BCUT2D eigenvalue weighted by molar-refractivity contribution is 7.94. The average molecular weight is 194 g/mol. The lowest BCUT2D eigenvalue weighted by Gasteiger charge is -2.10. The fraction of sp³-hybridized carbons (Fsp3) is 1.00. The number of rotatable bonds is 8. The van der Waals surface area contributed by atoms with Crippen molar-refractivity contribution < 1.29 is 8.62 Å². The second-order valence-corrected chi connectivity index (χ2v) is 3.76. The molecule has 1 nitrogen and oxygen atoms in total. The summed E-state index contributed by atoms with van der Waals surface area (Å²) in [5.41, 5.74) is 0. The molecule has 0 aromatic carbocycles. The average Bonchev–Trinajstić information content (AvgIpc) is 2.09. The molecule has 0 bridgehead atoms. The summed E-state index contributed by atoms with van der Waals surface area (Å²) < 4.78 is 16.8. The maximum Gasteiger partial charge on any atom is 0.0582 e. The fourth-order valence-electron chi connectivity index (χ4n) is 1.01. The summed E-state index contributed by atoms with van der Waals surface area (Å²) in [6, 6.07) is 0. The highest BCUT2D eigenvalue weighted by Gasteiger charge is 2.00. The van der Waals surface area contributed by atoms with Gasteiger partial charge < -0.3 is 4.74 Å². The number of hydrogen-bond donors (Lipinski definition) is 0. The summed E-state index contributed by atoms with van der Waals surface area (Å²) in [6.45, 7) is 5.68. The third-order valence-electron chi connectivity index (χ3n) is 1.76. The molecule has 0 rings (SSSR count). The first kappa shape index (κ1) is 12.2. The minimum Gasteiger partial charge on any atom is -0.380 e. The normalized spacial score (nSPS) is 13.2. The van der Waals surface area contributed by atoms with Crippen LogP contribution in [0.4, 0.5) is 3.89 Å². The van der Waals surface area contributed by atoms with Crippen LogP contribution in [0.25, 0.3) is 0 Å². The highest BCUT2D eigenvalue weighted by Crippen LogP contribution is 2.08. The summed E-state index contributed by atoms with van der Waals surface area (Å²) in [6.07, 6.45) is 3.73. The summed E-state index contributed by atoms with van der Waals surface area (Å²) >= 11 is 0.346. The van der Waals surface area contributed by atoms with E-state index in [0.29, 0.717) is 30.4 Å². The van der Waals surface area contributed by atoms with Crippen LogP contribution in [0, 0.1) is 5.92 Å². The van der Waals surface area contributed by atoms with Crippen LogP contribution >= 0.6 is 12.1 Å². The van der Waals surface area contributed by atoms with Crippen LogP contribution < -0.4 is 0 Å². The largest absolute Gasteiger partial charge is 0.380 e. The molecular formula is C9H19FOS. The van der Waals surface area contributed by atoms with E-state index in [1.165, 1.54) is 19.3 Å². The Morgan fingerprint density at radius 2 is 2.25 bits per heavy atom. The van der Waals surface area contributed by atoms with E-state index in [2.05, 4.69) is 13.8 Å². The molecule has 74 valence electrons. The molecule has 0 radical (unpaired) electrons. The number of ether oxygens (including phenoxy) is 1. The van der Waals surface area contributed by atoms with Crippen molar-refractivity contribution in [2.75, 3.05) is 19.0 Å². The van der Waals surface area contributed by atoms with Gasteiger partial charge in [0.1, 0.15) is 0 Å². The first-order valence-corrected chi connectivity index (χ1v) is 5.51. The van der Waals surface area contributed by atoms with Crippen molar-refractivity contribution >= 4 is 12.1 Å². The van der Waals surface area contributed by atoms with Gasteiger partial charge in [0, 0.05) is 24.5 Å². The molecule has 0 spiro atoms.